The molecule has 5 rings (SSSR count). The fourth-order valence-electron chi connectivity index (χ4n) is 6.81. The van der Waals surface area contributed by atoms with E-state index in [1.807, 2.05) is 0 Å². The third kappa shape index (κ3) is 4.30. The van der Waals surface area contributed by atoms with Crippen LogP contribution in [-0.2, 0) is 9.53 Å². The molecule has 3 aliphatic heterocycles. The van der Waals surface area contributed by atoms with Crippen LogP contribution in [0.15, 0.2) is 0 Å². The van der Waals surface area contributed by atoms with Crippen LogP contribution in [0.3, 0.4) is 0 Å². The van der Waals surface area contributed by atoms with Crippen molar-refractivity contribution in [1.29, 1.82) is 0 Å². The lowest BCUT2D eigenvalue weighted by Crippen LogP contribution is -2.56. The van der Waals surface area contributed by atoms with Gasteiger partial charge in [0.05, 0.1) is 11.6 Å². The molecule has 0 aromatic carbocycles. The van der Waals surface area contributed by atoms with Crippen LogP contribution in [0.4, 0.5) is 9.18 Å². The van der Waals surface area contributed by atoms with E-state index in [0.717, 1.165) is 58.0 Å². The molecule has 8 heteroatoms. The highest BCUT2D eigenvalue weighted by Crippen LogP contribution is 2.39. The molecule has 3 N–H and O–H groups in total. The number of amides is 2. The Hall–Kier alpha value is -1.41. The number of alkyl halides is 1. The van der Waals surface area contributed by atoms with E-state index >= 15 is 0 Å². The van der Waals surface area contributed by atoms with Crippen LogP contribution in [0.25, 0.3) is 0 Å². The molecule has 31 heavy (non-hydrogen) atoms. The number of ether oxygens (including phenoxy) is 1. The molecule has 174 valence electrons. The Morgan fingerprint density at radius 3 is 2.71 bits per heavy atom. The number of piperidine rings is 1. The molecule has 2 saturated carbocycles. The van der Waals surface area contributed by atoms with Crippen molar-refractivity contribution in [3.63, 3.8) is 0 Å². The second-order valence-corrected chi connectivity index (χ2v) is 10.8. The number of likely N-dealkylation sites (tertiary alicyclic amines) is 1. The molecule has 5 unspecified atom stereocenters. The number of alkyl carbamates (subject to hydrolysis) is 1. The molecular formula is C23H37FN4O3. The van der Waals surface area contributed by atoms with Gasteiger partial charge < -0.3 is 25.6 Å². The molecule has 0 bridgehead atoms. The Morgan fingerprint density at radius 1 is 1.19 bits per heavy atom. The lowest BCUT2D eigenvalue weighted by molar-refractivity contribution is -0.124. The number of halogens is 1. The maximum Gasteiger partial charge on any atom is 0.407 e. The van der Waals surface area contributed by atoms with E-state index < -0.39 is 6.17 Å². The van der Waals surface area contributed by atoms with Gasteiger partial charge in [-0.3, -0.25) is 4.79 Å². The Kier molecular flexibility index (Phi) is 5.88. The first-order valence-corrected chi connectivity index (χ1v) is 12.3. The largest absolute Gasteiger partial charge is 0.447 e. The zero-order valence-electron chi connectivity index (χ0n) is 18.6. The standard InChI is InChI=1S/C23H37FN4O3/c1-14-5-6-18(24)17-12-19(26-20(14)17)21(29)25-15-3-2-4-16(11-15)28-9-7-23(8-10-28)13-31-22(30)27-23/h14-20,26H,2-13H2,1H3,(H,25,29)(H,27,30)/t14?,15-,16+,17?,18?,19?,20?/m1/s1. The van der Waals surface area contributed by atoms with Crippen molar-refractivity contribution >= 4 is 12.0 Å². The zero-order chi connectivity index (χ0) is 21.6. The average molecular weight is 437 g/mol. The number of rotatable bonds is 3. The van der Waals surface area contributed by atoms with Gasteiger partial charge in [0.15, 0.2) is 0 Å². The molecule has 5 fully saturated rings. The predicted molar refractivity (Wildman–Crippen MR) is 114 cm³/mol. The Morgan fingerprint density at radius 2 is 2.00 bits per heavy atom. The number of fused-ring (bicyclic) bond motifs is 1. The van der Waals surface area contributed by atoms with Gasteiger partial charge in [-0.15, -0.1) is 0 Å². The number of carbonyl (C=O) groups excluding carboxylic acids is 2. The number of carbonyl (C=O) groups is 2. The highest BCUT2D eigenvalue weighted by molar-refractivity contribution is 5.82. The van der Waals surface area contributed by atoms with Crippen LogP contribution >= 0.6 is 0 Å². The minimum Gasteiger partial charge on any atom is -0.447 e. The molecule has 1 spiro atoms. The first-order valence-electron chi connectivity index (χ1n) is 12.3. The van der Waals surface area contributed by atoms with Gasteiger partial charge >= 0.3 is 6.09 Å². The summed E-state index contributed by atoms with van der Waals surface area (Å²) in [5, 5.41) is 9.76. The molecule has 0 aromatic heterocycles. The summed E-state index contributed by atoms with van der Waals surface area (Å²) < 4.78 is 19.5. The van der Waals surface area contributed by atoms with Crippen molar-refractivity contribution in [3.05, 3.63) is 0 Å². The molecule has 2 amide bonds. The van der Waals surface area contributed by atoms with E-state index in [9.17, 15) is 14.0 Å². The monoisotopic (exact) mass is 436 g/mol. The average Bonchev–Trinajstić information content (AvgIpc) is 3.37. The molecule has 3 heterocycles. The smallest absolute Gasteiger partial charge is 0.407 e. The Bertz CT molecular complexity index is 680. The van der Waals surface area contributed by atoms with Crippen molar-refractivity contribution in [2.24, 2.45) is 11.8 Å². The van der Waals surface area contributed by atoms with Gasteiger partial charge in [-0.05, 0) is 63.7 Å². The summed E-state index contributed by atoms with van der Waals surface area (Å²) >= 11 is 0. The third-order valence-corrected chi connectivity index (χ3v) is 8.77. The van der Waals surface area contributed by atoms with Gasteiger partial charge in [0.1, 0.15) is 12.8 Å². The van der Waals surface area contributed by atoms with Crippen molar-refractivity contribution in [2.75, 3.05) is 19.7 Å². The third-order valence-electron chi connectivity index (χ3n) is 8.77. The maximum absolute atomic E-state index is 14.4. The molecule has 0 aromatic rings. The van der Waals surface area contributed by atoms with Gasteiger partial charge in [-0.25, -0.2) is 9.18 Å². The predicted octanol–water partition coefficient (Wildman–Crippen LogP) is 2.10. The summed E-state index contributed by atoms with van der Waals surface area (Å²) in [6, 6.07) is 0.554. The minimum absolute atomic E-state index is 0.0145. The maximum atomic E-state index is 14.4. The molecule has 5 aliphatic rings. The van der Waals surface area contributed by atoms with Gasteiger partial charge in [0.2, 0.25) is 5.91 Å². The van der Waals surface area contributed by atoms with Crippen molar-refractivity contribution < 1.29 is 18.7 Å². The summed E-state index contributed by atoms with van der Waals surface area (Å²) in [5.74, 6) is 0.480. The quantitative estimate of drug-likeness (QED) is 0.631. The number of hydrogen-bond acceptors (Lipinski definition) is 5. The van der Waals surface area contributed by atoms with E-state index in [2.05, 4.69) is 27.8 Å². The van der Waals surface area contributed by atoms with Crippen molar-refractivity contribution in [2.45, 2.75) is 101 Å². The van der Waals surface area contributed by atoms with Crippen LogP contribution < -0.4 is 16.0 Å². The van der Waals surface area contributed by atoms with Crippen LogP contribution in [0.2, 0.25) is 0 Å². The van der Waals surface area contributed by atoms with Gasteiger partial charge in [0.25, 0.3) is 0 Å². The van der Waals surface area contributed by atoms with E-state index in [1.165, 1.54) is 0 Å². The van der Waals surface area contributed by atoms with E-state index in [1.54, 1.807) is 0 Å². The van der Waals surface area contributed by atoms with Crippen LogP contribution in [0, 0.1) is 11.8 Å². The van der Waals surface area contributed by atoms with Crippen LogP contribution in [0.5, 0.6) is 0 Å². The highest BCUT2D eigenvalue weighted by Gasteiger charge is 2.47. The fraction of sp³-hybridized carbons (Fsp3) is 0.913. The van der Waals surface area contributed by atoms with Crippen LogP contribution in [0.1, 0.15) is 64.7 Å². The molecule has 0 radical (unpaired) electrons. The number of cyclic esters (lactones) is 1. The van der Waals surface area contributed by atoms with Crippen molar-refractivity contribution in [3.8, 4) is 0 Å². The number of hydrogen-bond donors (Lipinski definition) is 3. The van der Waals surface area contributed by atoms with Crippen LogP contribution in [-0.4, -0.2) is 72.5 Å². The van der Waals surface area contributed by atoms with Gasteiger partial charge in [-0.1, -0.05) is 6.92 Å². The summed E-state index contributed by atoms with van der Waals surface area (Å²) in [6.45, 7) is 4.57. The molecule has 2 aliphatic carbocycles. The van der Waals surface area contributed by atoms with E-state index in [-0.39, 0.29) is 41.6 Å². The second-order valence-electron chi connectivity index (χ2n) is 10.8. The lowest BCUT2D eigenvalue weighted by atomic mass is 9.77. The Labute approximate surface area is 184 Å². The highest BCUT2D eigenvalue weighted by atomic mass is 19.1. The number of nitrogens with one attached hydrogen (secondary N) is 3. The molecule has 3 saturated heterocycles. The van der Waals surface area contributed by atoms with E-state index in [4.69, 9.17) is 4.74 Å². The molecule has 7 nitrogen and oxygen atoms in total. The molecule has 7 atom stereocenters. The second kappa shape index (κ2) is 8.50. The van der Waals surface area contributed by atoms with Crippen molar-refractivity contribution in [1.82, 2.24) is 20.9 Å². The first-order chi connectivity index (χ1) is 14.9. The summed E-state index contributed by atoms with van der Waals surface area (Å²) in [6.07, 6.45) is 7.21. The Balaban J connectivity index is 1.12. The van der Waals surface area contributed by atoms with Gasteiger partial charge in [0, 0.05) is 37.1 Å². The van der Waals surface area contributed by atoms with Gasteiger partial charge in [-0.2, -0.15) is 0 Å². The van der Waals surface area contributed by atoms with E-state index in [0.29, 0.717) is 31.4 Å². The normalized spacial score (nSPS) is 42.6. The zero-order valence-corrected chi connectivity index (χ0v) is 18.6. The SMILES string of the molecule is CC1CCC(F)C2CC(C(=O)N[C@@H]3CCC[C@H](N4CCC5(CC4)COC(=O)N5)C3)NC12. The first kappa shape index (κ1) is 21.4. The summed E-state index contributed by atoms with van der Waals surface area (Å²) in [7, 11) is 0. The fourth-order valence-corrected chi connectivity index (χ4v) is 6.81. The topological polar surface area (TPSA) is 82.7 Å². The lowest BCUT2D eigenvalue weighted by Gasteiger charge is -2.44. The summed E-state index contributed by atoms with van der Waals surface area (Å²) in [5.41, 5.74) is -0.174. The summed E-state index contributed by atoms with van der Waals surface area (Å²) in [4.78, 5) is 27.0. The molecular weight excluding hydrogens is 399 g/mol. The number of nitrogens with zero attached hydrogens (tertiary/aromatic N) is 1. The minimum atomic E-state index is -0.775.